The highest BCUT2D eigenvalue weighted by Crippen LogP contribution is 2.37. The first-order valence-corrected chi connectivity index (χ1v) is 14.0. The number of halogens is 2. The van der Waals surface area contributed by atoms with Crippen molar-refractivity contribution in [3.05, 3.63) is 12.2 Å². The molecule has 5 N–H and O–H groups in total. The van der Waals surface area contributed by atoms with Gasteiger partial charge in [0.05, 0.1) is 17.4 Å². The Morgan fingerprint density at radius 2 is 1.89 bits per heavy atom. The van der Waals surface area contributed by atoms with Crippen molar-refractivity contribution in [3.63, 3.8) is 0 Å². The number of fused-ring (bicyclic) bond motifs is 3. The Morgan fingerprint density at radius 1 is 1.14 bits per heavy atom. The van der Waals surface area contributed by atoms with E-state index in [0.717, 1.165) is 31.0 Å². The Hall–Kier alpha value is -0.820. The van der Waals surface area contributed by atoms with E-state index in [-0.39, 0.29) is 30.8 Å². The van der Waals surface area contributed by atoms with E-state index >= 15 is 0 Å². The van der Waals surface area contributed by atoms with Crippen LogP contribution in [0.2, 0.25) is 0 Å². The van der Waals surface area contributed by atoms with Crippen molar-refractivity contribution >= 4 is 17.7 Å². The number of hydrogen-bond acceptors (Lipinski definition) is 8. The van der Waals surface area contributed by atoms with Gasteiger partial charge in [-0.05, 0) is 49.9 Å². The summed E-state index contributed by atoms with van der Waals surface area (Å²) in [6.45, 7) is 5.72. The Labute approximate surface area is 215 Å². The third-order valence-corrected chi connectivity index (χ3v) is 9.20. The topological polar surface area (TPSA) is 120 Å². The highest BCUT2D eigenvalue weighted by Gasteiger charge is 2.49. The molecule has 0 aromatic heterocycles. The maximum atomic E-state index is 13.5. The van der Waals surface area contributed by atoms with Gasteiger partial charge >= 0.3 is 0 Å². The molecule has 0 radical (unpaired) electrons. The highest BCUT2D eigenvalue weighted by molar-refractivity contribution is 8.00. The Kier molecular flexibility index (Phi) is 9.68. The minimum Gasteiger partial charge on any atom is -0.388 e. The van der Waals surface area contributed by atoms with Crippen LogP contribution in [0.15, 0.2) is 12.2 Å². The molecule has 4 aliphatic heterocycles. The van der Waals surface area contributed by atoms with E-state index in [1.54, 1.807) is 12.2 Å². The Balaban J connectivity index is 1.47. The summed E-state index contributed by atoms with van der Waals surface area (Å²) in [5, 5.41) is 36.6. The normalized spacial score (nSPS) is 44.6. The minimum absolute atomic E-state index is 0.0538. The lowest BCUT2D eigenvalue weighted by Gasteiger charge is -2.44. The molecule has 3 saturated heterocycles. The zero-order valence-corrected chi connectivity index (χ0v) is 21.7. The third kappa shape index (κ3) is 6.42. The molecule has 3 fully saturated rings. The number of thioether (sulfide) groups is 1. The van der Waals surface area contributed by atoms with Crippen LogP contribution in [0.3, 0.4) is 0 Å². The van der Waals surface area contributed by atoms with Crippen LogP contribution in [-0.2, 0) is 14.3 Å². The molecule has 2 bridgehead atoms. The van der Waals surface area contributed by atoms with E-state index in [0.29, 0.717) is 25.0 Å². The lowest BCUT2D eigenvalue weighted by Crippen LogP contribution is -2.64. The third-order valence-electron chi connectivity index (χ3n) is 7.80. The number of carbonyl (C=O) groups is 1. The van der Waals surface area contributed by atoms with Crippen molar-refractivity contribution in [2.24, 2.45) is 17.8 Å². The van der Waals surface area contributed by atoms with Crippen LogP contribution in [0.1, 0.15) is 46.0 Å². The van der Waals surface area contributed by atoms with Gasteiger partial charge in [0.1, 0.15) is 35.9 Å². The number of rotatable bonds is 5. The van der Waals surface area contributed by atoms with Crippen LogP contribution in [0.4, 0.5) is 8.78 Å². The molecule has 0 saturated carbocycles. The van der Waals surface area contributed by atoms with E-state index in [4.69, 9.17) is 9.47 Å². The molecule has 0 aromatic carbocycles. The summed E-state index contributed by atoms with van der Waals surface area (Å²) >= 11 is 0.743. The summed E-state index contributed by atoms with van der Waals surface area (Å²) < 4.78 is 39.0. The molecule has 8 nitrogen and oxygen atoms in total. The molecule has 4 aliphatic rings. The summed E-state index contributed by atoms with van der Waals surface area (Å²) in [5.74, 6) is 1.12. The van der Waals surface area contributed by atoms with Crippen molar-refractivity contribution < 1.29 is 38.4 Å². The first kappa shape index (κ1) is 28.2. The summed E-state index contributed by atoms with van der Waals surface area (Å²) in [5.41, 5.74) is -1.16. The fourth-order valence-electron chi connectivity index (χ4n) is 6.00. The number of ether oxygens (including phenoxy) is 2. The molecule has 11 atom stereocenters. The first-order valence-electron chi connectivity index (χ1n) is 13.1. The Bertz CT molecular complexity index is 777. The second-order valence-corrected chi connectivity index (χ2v) is 12.4. The van der Waals surface area contributed by atoms with Crippen LogP contribution in [0.5, 0.6) is 0 Å². The fraction of sp³-hybridized carbons (Fsp3) is 0.880. The van der Waals surface area contributed by atoms with Crippen molar-refractivity contribution in [1.29, 1.82) is 0 Å². The number of allylic oxidation sites excluding steroid dienone is 1. The predicted molar refractivity (Wildman–Crippen MR) is 132 cm³/mol. The number of alkyl halides is 2. The van der Waals surface area contributed by atoms with Crippen LogP contribution in [0, 0.1) is 17.8 Å². The molecule has 206 valence electrons. The monoisotopic (exact) mass is 534 g/mol. The van der Waals surface area contributed by atoms with Gasteiger partial charge in [-0.15, -0.1) is 11.8 Å². The molecule has 0 aliphatic carbocycles. The van der Waals surface area contributed by atoms with Gasteiger partial charge in [-0.3, -0.25) is 4.79 Å². The standard InChI is InChI=1S/C25H40F2N2O6S/c1-12(2)9-13-7-8-34-21-14(10-13)11-28-17(21)24(33)29-15-5-3-4-6-16(23(26)27)36-25-20(32)18(30)19(31)22(15)35-25/h3-4,12-23,25,28,30-32H,5-11H2,1-2H3,(H,29,33)/b4-3-/t13-,14-,15+,16-,17-,18-,19+,20+,21+,22+,25+/m0/s1. The van der Waals surface area contributed by atoms with Gasteiger partial charge in [0.15, 0.2) is 0 Å². The maximum absolute atomic E-state index is 13.5. The molecule has 0 aromatic rings. The average molecular weight is 535 g/mol. The molecule has 4 rings (SSSR count). The van der Waals surface area contributed by atoms with Crippen molar-refractivity contribution in [2.45, 2.75) is 106 Å². The van der Waals surface area contributed by atoms with Crippen LogP contribution >= 0.6 is 11.8 Å². The molecule has 36 heavy (non-hydrogen) atoms. The molecule has 0 unspecified atom stereocenters. The van der Waals surface area contributed by atoms with Gasteiger partial charge in [0, 0.05) is 13.2 Å². The van der Waals surface area contributed by atoms with Gasteiger partial charge < -0.3 is 35.4 Å². The quantitative estimate of drug-likeness (QED) is 0.336. The number of aliphatic hydroxyl groups excluding tert-OH is 3. The summed E-state index contributed by atoms with van der Waals surface area (Å²) in [4.78, 5) is 13.4. The zero-order chi connectivity index (χ0) is 26.0. The van der Waals surface area contributed by atoms with Crippen molar-refractivity contribution in [1.82, 2.24) is 10.6 Å². The van der Waals surface area contributed by atoms with Crippen LogP contribution < -0.4 is 10.6 Å². The second-order valence-electron chi connectivity index (χ2n) is 11.0. The molecule has 1 amide bonds. The fourth-order valence-corrected chi connectivity index (χ4v) is 7.20. The van der Waals surface area contributed by atoms with E-state index in [9.17, 15) is 28.9 Å². The van der Waals surface area contributed by atoms with Gasteiger partial charge in [-0.2, -0.15) is 0 Å². The molecule has 11 heteroatoms. The van der Waals surface area contributed by atoms with E-state index < -0.39 is 53.6 Å². The van der Waals surface area contributed by atoms with Gasteiger partial charge in [0.2, 0.25) is 5.91 Å². The molecule has 0 spiro atoms. The number of amides is 1. The summed E-state index contributed by atoms with van der Waals surface area (Å²) in [6, 6.07) is -1.28. The number of hydrogen-bond donors (Lipinski definition) is 5. The van der Waals surface area contributed by atoms with E-state index in [1.807, 2.05) is 0 Å². The number of aliphatic hydroxyl groups is 3. The van der Waals surface area contributed by atoms with Crippen LogP contribution in [0.25, 0.3) is 0 Å². The lowest BCUT2D eigenvalue weighted by molar-refractivity contribution is -0.205. The zero-order valence-electron chi connectivity index (χ0n) is 20.8. The first-order chi connectivity index (χ1) is 17.2. The van der Waals surface area contributed by atoms with Crippen LogP contribution in [-0.4, -0.2) is 94.1 Å². The van der Waals surface area contributed by atoms with Gasteiger partial charge in [-0.1, -0.05) is 26.0 Å². The van der Waals surface area contributed by atoms with E-state index in [2.05, 4.69) is 24.5 Å². The highest BCUT2D eigenvalue weighted by atomic mass is 32.2. The molecular weight excluding hydrogens is 494 g/mol. The number of carbonyl (C=O) groups excluding carboxylic acids is 1. The molecular formula is C25H40F2N2O6S. The van der Waals surface area contributed by atoms with Gasteiger partial charge in [-0.25, -0.2) is 8.78 Å². The second kappa shape index (κ2) is 12.4. The Morgan fingerprint density at radius 3 is 2.61 bits per heavy atom. The SMILES string of the molecule is CC(C)C[C@@H]1CCO[C@@H]2[C@H](CN[C@@H]2C(=O)N[C@@H]2C/C=C\C[C@@H](C(F)F)S[C@H]3O[C@H]2[C@H](O)[C@H](O)[C@H]3O)C1. The minimum atomic E-state index is -2.64. The maximum Gasteiger partial charge on any atom is 0.250 e. The van der Waals surface area contributed by atoms with Crippen molar-refractivity contribution in [3.8, 4) is 0 Å². The number of nitrogens with one attached hydrogen (secondary N) is 2. The molecule has 4 heterocycles. The average Bonchev–Trinajstić information content (AvgIpc) is 3.11. The summed E-state index contributed by atoms with van der Waals surface area (Å²) in [7, 11) is 0. The lowest BCUT2D eigenvalue weighted by atomic mass is 9.85. The van der Waals surface area contributed by atoms with Crippen molar-refractivity contribution in [2.75, 3.05) is 13.2 Å². The van der Waals surface area contributed by atoms with E-state index in [1.165, 1.54) is 0 Å². The summed E-state index contributed by atoms with van der Waals surface area (Å²) in [6.07, 6.45) is -1.86. The smallest absolute Gasteiger partial charge is 0.250 e. The van der Waals surface area contributed by atoms with Gasteiger partial charge in [0.25, 0.3) is 6.43 Å². The predicted octanol–water partition coefficient (Wildman–Crippen LogP) is 1.42. The largest absolute Gasteiger partial charge is 0.388 e.